The molecule has 124 valence electrons. The van der Waals surface area contributed by atoms with E-state index in [4.69, 9.17) is 11.6 Å². The van der Waals surface area contributed by atoms with E-state index in [9.17, 15) is 4.79 Å². The summed E-state index contributed by atoms with van der Waals surface area (Å²) in [7, 11) is 0. The van der Waals surface area contributed by atoms with Gasteiger partial charge in [0.05, 0.1) is 16.5 Å². The maximum absolute atomic E-state index is 12.0. The lowest BCUT2D eigenvalue weighted by Crippen LogP contribution is -2.14. The Morgan fingerprint density at radius 2 is 2.09 bits per heavy atom. The number of nitrogens with zero attached hydrogens (tertiary/aromatic N) is 2. The van der Waals surface area contributed by atoms with E-state index in [-0.39, 0.29) is 11.7 Å². The summed E-state index contributed by atoms with van der Waals surface area (Å²) in [5.41, 5.74) is 0.605. The topological polar surface area (TPSA) is 54.9 Å². The van der Waals surface area contributed by atoms with Gasteiger partial charge in [-0.05, 0) is 24.6 Å². The van der Waals surface area contributed by atoms with Crippen molar-refractivity contribution in [3.05, 3.63) is 27.7 Å². The van der Waals surface area contributed by atoms with E-state index in [1.165, 1.54) is 35.9 Å². The van der Waals surface area contributed by atoms with Crippen LogP contribution in [0.2, 0.25) is 5.02 Å². The minimum Gasteiger partial charge on any atom is -0.324 e. The number of anilines is 1. The summed E-state index contributed by atoms with van der Waals surface area (Å²) in [5.74, 6) is 1.22. The van der Waals surface area contributed by atoms with E-state index in [2.05, 4.69) is 38.4 Å². The summed E-state index contributed by atoms with van der Waals surface area (Å²) in [4.78, 5) is 12.0. The van der Waals surface area contributed by atoms with E-state index in [1.807, 2.05) is 6.07 Å². The SMILES string of the molecule is CCCCSc1nnc(SCC(=O)Nc2ccc(Br)cc2Cl)s1. The first-order valence-corrected chi connectivity index (χ1v) is 10.9. The van der Waals surface area contributed by atoms with Gasteiger partial charge in [0, 0.05) is 10.2 Å². The van der Waals surface area contributed by atoms with Gasteiger partial charge in [-0.2, -0.15) is 0 Å². The number of hydrogen-bond donors (Lipinski definition) is 1. The molecule has 0 saturated carbocycles. The van der Waals surface area contributed by atoms with Crippen molar-refractivity contribution >= 4 is 74.0 Å². The van der Waals surface area contributed by atoms with Crippen LogP contribution in [0.3, 0.4) is 0 Å². The molecule has 0 aliphatic heterocycles. The third kappa shape index (κ3) is 6.62. The van der Waals surface area contributed by atoms with Crippen LogP contribution in [0, 0.1) is 0 Å². The standard InChI is InChI=1S/C14H15BrClN3OS3/c1-2-3-6-21-13-18-19-14(23-13)22-8-12(20)17-11-5-4-9(15)7-10(11)16/h4-5,7H,2-3,6,8H2,1H3,(H,17,20). The minimum absolute atomic E-state index is 0.116. The summed E-state index contributed by atoms with van der Waals surface area (Å²) < 4.78 is 2.63. The van der Waals surface area contributed by atoms with E-state index in [0.29, 0.717) is 10.7 Å². The van der Waals surface area contributed by atoms with Crippen LogP contribution in [0.1, 0.15) is 19.8 Å². The predicted molar refractivity (Wildman–Crippen MR) is 104 cm³/mol. The van der Waals surface area contributed by atoms with Crippen LogP contribution < -0.4 is 5.32 Å². The van der Waals surface area contributed by atoms with Gasteiger partial charge < -0.3 is 5.32 Å². The molecule has 2 rings (SSSR count). The molecule has 1 heterocycles. The molecule has 0 unspecified atom stereocenters. The minimum atomic E-state index is -0.116. The van der Waals surface area contributed by atoms with Crippen molar-refractivity contribution in [2.24, 2.45) is 0 Å². The zero-order valence-corrected chi connectivity index (χ0v) is 17.1. The van der Waals surface area contributed by atoms with Crippen molar-refractivity contribution in [2.45, 2.75) is 28.4 Å². The molecule has 4 nitrogen and oxygen atoms in total. The van der Waals surface area contributed by atoms with Crippen molar-refractivity contribution in [1.29, 1.82) is 0 Å². The highest BCUT2D eigenvalue weighted by atomic mass is 79.9. The summed E-state index contributed by atoms with van der Waals surface area (Å²) >= 11 is 14.0. The van der Waals surface area contributed by atoms with Crippen LogP contribution >= 0.6 is 62.4 Å². The Morgan fingerprint density at radius 1 is 1.35 bits per heavy atom. The van der Waals surface area contributed by atoms with Crippen LogP contribution in [-0.2, 0) is 4.79 Å². The number of nitrogens with one attached hydrogen (secondary N) is 1. The lowest BCUT2D eigenvalue weighted by Gasteiger charge is -2.06. The first-order valence-electron chi connectivity index (χ1n) is 6.92. The van der Waals surface area contributed by atoms with Gasteiger partial charge in [-0.3, -0.25) is 4.79 Å². The summed E-state index contributed by atoms with van der Waals surface area (Å²) in [6, 6.07) is 5.34. The van der Waals surface area contributed by atoms with Crippen molar-refractivity contribution in [3.63, 3.8) is 0 Å². The molecule has 23 heavy (non-hydrogen) atoms. The molecule has 0 aliphatic carbocycles. The maximum atomic E-state index is 12.0. The van der Waals surface area contributed by atoms with Crippen LogP contribution in [-0.4, -0.2) is 27.6 Å². The zero-order valence-electron chi connectivity index (χ0n) is 12.3. The molecule has 0 atom stereocenters. The number of halogens is 2. The molecule has 0 spiro atoms. The van der Waals surface area contributed by atoms with Crippen molar-refractivity contribution in [3.8, 4) is 0 Å². The molecule has 1 aromatic carbocycles. The Morgan fingerprint density at radius 3 is 2.78 bits per heavy atom. The monoisotopic (exact) mass is 451 g/mol. The number of rotatable bonds is 8. The van der Waals surface area contributed by atoms with E-state index >= 15 is 0 Å². The molecule has 2 aromatic rings. The fourth-order valence-electron chi connectivity index (χ4n) is 1.52. The second-order valence-corrected chi connectivity index (χ2v) is 9.36. The third-order valence-electron chi connectivity index (χ3n) is 2.64. The van der Waals surface area contributed by atoms with Crippen LogP contribution in [0.5, 0.6) is 0 Å². The van der Waals surface area contributed by atoms with Gasteiger partial charge >= 0.3 is 0 Å². The van der Waals surface area contributed by atoms with Crippen LogP contribution in [0.15, 0.2) is 31.4 Å². The van der Waals surface area contributed by atoms with E-state index in [0.717, 1.165) is 18.9 Å². The van der Waals surface area contributed by atoms with Gasteiger partial charge in [0.15, 0.2) is 8.68 Å². The molecular formula is C14H15BrClN3OS3. The molecule has 1 aromatic heterocycles. The molecule has 0 aliphatic rings. The molecule has 0 bridgehead atoms. The average molecular weight is 453 g/mol. The molecule has 0 fully saturated rings. The lowest BCUT2D eigenvalue weighted by atomic mass is 10.3. The molecular weight excluding hydrogens is 438 g/mol. The Kier molecular flexibility index (Phi) is 8.18. The third-order valence-corrected chi connectivity index (χ3v) is 6.73. The molecule has 1 amide bonds. The second kappa shape index (κ2) is 9.88. The smallest absolute Gasteiger partial charge is 0.234 e. The number of hydrogen-bond acceptors (Lipinski definition) is 6. The fourth-order valence-corrected chi connectivity index (χ4v) is 5.22. The lowest BCUT2D eigenvalue weighted by molar-refractivity contribution is -0.113. The Bertz CT molecular complexity index is 668. The van der Waals surface area contributed by atoms with Crippen molar-refractivity contribution in [2.75, 3.05) is 16.8 Å². The fraction of sp³-hybridized carbons (Fsp3) is 0.357. The number of carbonyl (C=O) groups excluding carboxylic acids is 1. The Hall–Kier alpha value is -0.280. The maximum Gasteiger partial charge on any atom is 0.234 e. The summed E-state index contributed by atoms with van der Waals surface area (Å²) in [6.45, 7) is 2.16. The first-order chi connectivity index (χ1) is 11.1. The van der Waals surface area contributed by atoms with E-state index < -0.39 is 0 Å². The van der Waals surface area contributed by atoms with Gasteiger partial charge in [0.25, 0.3) is 0 Å². The number of amides is 1. The second-order valence-electron chi connectivity index (χ2n) is 4.50. The largest absolute Gasteiger partial charge is 0.324 e. The number of unbranched alkanes of at least 4 members (excludes halogenated alkanes) is 1. The van der Waals surface area contributed by atoms with Gasteiger partial charge in [-0.15, -0.1) is 10.2 Å². The number of thioether (sulfide) groups is 2. The van der Waals surface area contributed by atoms with Crippen molar-refractivity contribution in [1.82, 2.24) is 10.2 Å². The highest BCUT2D eigenvalue weighted by Crippen LogP contribution is 2.30. The summed E-state index contributed by atoms with van der Waals surface area (Å²) in [5, 5.41) is 11.5. The highest BCUT2D eigenvalue weighted by molar-refractivity contribution is 9.10. The van der Waals surface area contributed by atoms with Gasteiger partial charge in [0.2, 0.25) is 5.91 Å². The number of aromatic nitrogens is 2. The van der Waals surface area contributed by atoms with Gasteiger partial charge in [-0.1, -0.05) is 75.7 Å². The normalized spacial score (nSPS) is 10.7. The first kappa shape index (κ1) is 19.1. The van der Waals surface area contributed by atoms with Crippen LogP contribution in [0.25, 0.3) is 0 Å². The summed E-state index contributed by atoms with van der Waals surface area (Å²) in [6.07, 6.45) is 2.34. The van der Waals surface area contributed by atoms with Crippen LogP contribution in [0.4, 0.5) is 5.69 Å². The quantitative estimate of drug-likeness (QED) is 0.419. The highest BCUT2D eigenvalue weighted by Gasteiger charge is 2.10. The Labute approximate surface area is 161 Å². The van der Waals surface area contributed by atoms with E-state index in [1.54, 1.807) is 23.9 Å². The number of benzene rings is 1. The Balaban J connectivity index is 1.80. The van der Waals surface area contributed by atoms with Gasteiger partial charge in [0.1, 0.15) is 0 Å². The molecule has 9 heteroatoms. The van der Waals surface area contributed by atoms with Crippen molar-refractivity contribution < 1.29 is 4.79 Å². The molecule has 0 saturated heterocycles. The molecule has 0 radical (unpaired) electrons. The predicted octanol–water partition coefficient (Wildman–Crippen LogP) is 5.58. The average Bonchev–Trinajstić information content (AvgIpc) is 2.96. The molecule has 1 N–H and O–H groups in total. The zero-order chi connectivity index (χ0) is 16.7. The number of carbonyl (C=O) groups is 1. The van der Waals surface area contributed by atoms with Gasteiger partial charge in [-0.25, -0.2) is 0 Å².